The third-order valence-corrected chi connectivity index (χ3v) is 20.0. The fourth-order valence-corrected chi connectivity index (χ4v) is 19.8. The Morgan fingerprint density at radius 2 is 1.84 bits per heavy atom. The molecule has 2 rings (SSSR count). The number of hydrogen-bond acceptors (Lipinski definition) is 10. The Kier molecular flexibility index (Phi) is 12.0. The molecule has 11 heteroatoms. The molecular formula is C14H21NOS8Si. The van der Waals surface area contributed by atoms with Crippen molar-refractivity contribution in [1.82, 2.24) is 4.98 Å². The molecule has 1 aromatic heterocycles. The first-order valence-corrected chi connectivity index (χ1v) is 20.6. The van der Waals surface area contributed by atoms with Gasteiger partial charge in [-0.3, -0.25) is 0 Å². The van der Waals surface area contributed by atoms with Crippen molar-refractivity contribution in [3.8, 4) is 0 Å². The van der Waals surface area contributed by atoms with Gasteiger partial charge in [0.2, 0.25) is 0 Å². The minimum Gasteiger partial charge on any atom is -0.418 e. The van der Waals surface area contributed by atoms with E-state index < -0.39 is 8.32 Å². The molecule has 0 N–H and O–H groups in total. The van der Waals surface area contributed by atoms with E-state index in [9.17, 15) is 0 Å². The van der Waals surface area contributed by atoms with E-state index in [4.69, 9.17) is 4.43 Å². The molecule has 140 valence electrons. The van der Waals surface area contributed by atoms with E-state index >= 15 is 0 Å². The molecule has 0 bridgehead atoms. The van der Waals surface area contributed by atoms with Crippen LogP contribution in [0.3, 0.4) is 0 Å². The number of aromatic nitrogens is 1. The standard InChI is InChI=1S/C14H21NOS8Si/c1-4-16-25(2,3)11-7-10-17-20-22-24-23-21-19-14-15-12-8-5-6-9-13(12)18-14/h5-6,8-9H,4,7,10-11H2,1-3H3. The quantitative estimate of drug-likeness (QED) is 0.150. The molecule has 2 aromatic rings. The van der Waals surface area contributed by atoms with Gasteiger partial charge in [0.15, 0.2) is 12.7 Å². The average molecular weight is 504 g/mol. The summed E-state index contributed by atoms with van der Waals surface area (Å²) >= 11 is 1.77. The van der Waals surface area contributed by atoms with Crippen LogP contribution in [-0.4, -0.2) is 25.7 Å². The van der Waals surface area contributed by atoms with Crippen molar-refractivity contribution in [3.63, 3.8) is 0 Å². The van der Waals surface area contributed by atoms with Crippen LogP contribution in [0.5, 0.6) is 0 Å². The number of hydrogen-bond donors (Lipinski definition) is 0. The van der Waals surface area contributed by atoms with E-state index in [0.717, 1.165) is 16.5 Å². The minimum absolute atomic E-state index is 0.859. The summed E-state index contributed by atoms with van der Waals surface area (Å²) in [5.74, 6) is 1.21. The van der Waals surface area contributed by atoms with E-state index in [2.05, 4.69) is 43.2 Å². The van der Waals surface area contributed by atoms with Gasteiger partial charge in [0.1, 0.15) is 0 Å². The Morgan fingerprint density at radius 3 is 2.64 bits per heavy atom. The lowest BCUT2D eigenvalue weighted by Gasteiger charge is -2.21. The minimum atomic E-state index is -1.38. The Morgan fingerprint density at radius 1 is 1.08 bits per heavy atom. The molecule has 0 fully saturated rings. The van der Waals surface area contributed by atoms with Crippen molar-refractivity contribution in [3.05, 3.63) is 24.3 Å². The number of benzene rings is 1. The number of rotatable bonds is 13. The van der Waals surface area contributed by atoms with Gasteiger partial charge in [-0.2, -0.15) is 0 Å². The van der Waals surface area contributed by atoms with Crippen LogP contribution < -0.4 is 0 Å². The largest absolute Gasteiger partial charge is 0.418 e. The summed E-state index contributed by atoms with van der Waals surface area (Å²) in [5.41, 5.74) is 1.10. The predicted molar refractivity (Wildman–Crippen MR) is 134 cm³/mol. The van der Waals surface area contributed by atoms with E-state index in [1.807, 2.05) is 56.2 Å². The SMILES string of the molecule is CCO[Si](C)(C)CCCSSSSSSSc1nc2ccccc2s1. The Labute approximate surface area is 181 Å². The van der Waals surface area contributed by atoms with Crippen LogP contribution in [0, 0.1) is 0 Å². The number of thiazole rings is 1. The van der Waals surface area contributed by atoms with Crippen LogP contribution in [0.15, 0.2) is 28.6 Å². The second-order valence-electron chi connectivity index (χ2n) is 5.49. The van der Waals surface area contributed by atoms with Gasteiger partial charge in [0, 0.05) is 12.4 Å². The second kappa shape index (κ2) is 13.1. The smallest absolute Gasteiger partial charge is 0.186 e. The maximum atomic E-state index is 5.86. The van der Waals surface area contributed by atoms with Gasteiger partial charge in [-0.15, -0.1) is 11.3 Å². The Balaban J connectivity index is 1.44. The average Bonchev–Trinajstić information content (AvgIpc) is 2.99. The van der Waals surface area contributed by atoms with Gasteiger partial charge in [0.05, 0.1) is 10.2 Å². The normalized spacial score (nSPS) is 12.1. The number of fused-ring (bicyclic) bond motifs is 1. The molecule has 0 spiro atoms. The molecule has 0 aliphatic heterocycles. The van der Waals surface area contributed by atoms with Crippen molar-refractivity contribution >= 4 is 101 Å². The van der Waals surface area contributed by atoms with Crippen molar-refractivity contribution in [1.29, 1.82) is 0 Å². The first-order valence-electron chi connectivity index (χ1n) is 7.73. The predicted octanol–water partition coefficient (Wildman–Crippen LogP) is 8.91. The molecule has 0 saturated carbocycles. The molecule has 0 saturated heterocycles. The third kappa shape index (κ3) is 9.66. The molecule has 2 nitrogen and oxygen atoms in total. The molecule has 0 atom stereocenters. The molecular weight excluding hydrogens is 483 g/mol. The Hall–Kier alpha value is 1.74. The fourth-order valence-electron chi connectivity index (χ4n) is 2.04. The highest BCUT2D eigenvalue weighted by atomic mass is 33.9. The van der Waals surface area contributed by atoms with Gasteiger partial charge in [0.25, 0.3) is 0 Å². The number of para-hydroxylation sites is 1. The van der Waals surface area contributed by atoms with E-state index in [-0.39, 0.29) is 0 Å². The molecule has 1 aromatic carbocycles. The third-order valence-electron chi connectivity index (χ3n) is 3.08. The molecule has 0 aliphatic rings. The number of nitrogens with zero attached hydrogens (tertiary/aromatic N) is 1. The van der Waals surface area contributed by atoms with E-state index in [0.29, 0.717) is 0 Å². The van der Waals surface area contributed by atoms with Gasteiger partial charge in [-0.1, -0.05) is 22.9 Å². The van der Waals surface area contributed by atoms with Crippen LogP contribution in [0.1, 0.15) is 13.3 Å². The van der Waals surface area contributed by atoms with Gasteiger partial charge >= 0.3 is 0 Å². The fraction of sp³-hybridized carbons (Fsp3) is 0.500. The highest BCUT2D eigenvalue weighted by Crippen LogP contribution is 2.56. The lowest BCUT2D eigenvalue weighted by molar-refractivity contribution is 0.328. The molecule has 0 amide bonds. The lowest BCUT2D eigenvalue weighted by atomic mass is 10.3. The van der Waals surface area contributed by atoms with Gasteiger partial charge in [-0.05, 0) is 105 Å². The van der Waals surface area contributed by atoms with Crippen LogP contribution in [0.2, 0.25) is 19.1 Å². The van der Waals surface area contributed by atoms with Crippen molar-refractivity contribution in [2.75, 3.05) is 12.4 Å². The van der Waals surface area contributed by atoms with Gasteiger partial charge in [-0.25, -0.2) is 4.98 Å². The topological polar surface area (TPSA) is 22.1 Å². The summed E-state index contributed by atoms with van der Waals surface area (Å²) in [6.45, 7) is 7.58. The van der Waals surface area contributed by atoms with E-state index in [1.54, 1.807) is 32.0 Å². The summed E-state index contributed by atoms with van der Waals surface area (Å²) in [6.07, 6.45) is 1.26. The van der Waals surface area contributed by atoms with E-state index in [1.165, 1.54) is 22.9 Å². The Bertz CT molecular complexity index is 593. The second-order valence-corrected chi connectivity index (χ2v) is 22.3. The zero-order valence-electron chi connectivity index (χ0n) is 14.3. The summed E-state index contributed by atoms with van der Waals surface area (Å²) in [7, 11) is 11.5. The van der Waals surface area contributed by atoms with Gasteiger partial charge < -0.3 is 4.43 Å². The summed E-state index contributed by atoms with van der Waals surface area (Å²) in [6, 6.07) is 9.57. The molecule has 0 unspecified atom stereocenters. The lowest BCUT2D eigenvalue weighted by Crippen LogP contribution is -2.30. The van der Waals surface area contributed by atoms with Crippen LogP contribution in [0.25, 0.3) is 10.2 Å². The summed E-state index contributed by atoms with van der Waals surface area (Å²) < 4.78 is 8.25. The maximum Gasteiger partial charge on any atom is 0.186 e. The van der Waals surface area contributed by atoms with Crippen LogP contribution >= 0.6 is 82.1 Å². The zero-order valence-corrected chi connectivity index (χ0v) is 21.8. The monoisotopic (exact) mass is 503 g/mol. The molecule has 25 heavy (non-hydrogen) atoms. The highest BCUT2D eigenvalue weighted by molar-refractivity contribution is 9.46. The first kappa shape index (κ1) is 23.0. The summed E-state index contributed by atoms with van der Waals surface area (Å²) in [5, 5.41) is 0. The molecule has 0 radical (unpaired) electrons. The highest BCUT2D eigenvalue weighted by Gasteiger charge is 2.20. The maximum absolute atomic E-state index is 5.86. The zero-order chi connectivity index (χ0) is 18.0. The first-order chi connectivity index (χ1) is 12.1. The van der Waals surface area contributed by atoms with Crippen LogP contribution in [-0.2, 0) is 4.43 Å². The molecule has 0 aliphatic carbocycles. The molecule has 1 heterocycles. The van der Waals surface area contributed by atoms with Crippen molar-refractivity contribution < 1.29 is 4.43 Å². The summed E-state index contributed by atoms with van der Waals surface area (Å²) in [4.78, 5) is 4.63. The van der Waals surface area contributed by atoms with Crippen molar-refractivity contribution in [2.45, 2.75) is 36.8 Å². The van der Waals surface area contributed by atoms with Crippen LogP contribution in [0.4, 0.5) is 0 Å². The van der Waals surface area contributed by atoms with Crippen molar-refractivity contribution in [2.24, 2.45) is 0 Å².